The number of hydrogen-bond donors (Lipinski definition) is 2. The highest BCUT2D eigenvalue weighted by molar-refractivity contribution is 7.80. The average molecular weight is 299 g/mol. The van der Waals surface area contributed by atoms with Crippen LogP contribution in [0.4, 0.5) is 0 Å². The molecule has 0 bridgehead atoms. The van der Waals surface area contributed by atoms with Gasteiger partial charge in [0.1, 0.15) is 0 Å². The maximum atomic E-state index is 12.4. The first-order valence-corrected chi connectivity index (χ1v) is 8.06. The predicted octanol–water partition coefficient (Wildman–Crippen LogP) is 2.07. The number of thiocarbonyl (C=S) groups is 1. The zero-order valence-electron chi connectivity index (χ0n) is 13.2. The Hall–Kier alpha value is -0.680. The number of rotatable bonds is 7. The van der Waals surface area contributed by atoms with Crippen LogP contribution in [0.15, 0.2) is 0 Å². The Morgan fingerprint density at radius 3 is 2.15 bits per heavy atom. The fraction of sp³-hybridized carbons (Fsp3) is 0.867. The third-order valence-corrected chi connectivity index (χ3v) is 4.74. The molecule has 0 aromatic carbocycles. The summed E-state index contributed by atoms with van der Waals surface area (Å²) in [6.07, 6.45) is 3.67. The van der Waals surface area contributed by atoms with E-state index in [9.17, 15) is 4.79 Å². The van der Waals surface area contributed by atoms with Crippen LogP contribution in [-0.4, -0.2) is 41.0 Å². The molecule has 1 aliphatic carbocycles. The van der Waals surface area contributed by atoms with Crippen LogP contribution in [-0.2, 0) is 4.79 Å². The minimum absolute atomic E-state index is 0.0231. The van der Waals surface area contributed by atoms with Crippen molar-refractivity contribution in [2.45, 2.75) is 65.5 Å². The van der Waals surface area contributed by atoms with Crippen LogP contribution >= 0.6 is 12.2 Å². The van der Waals surface area contributed by atoms with Gasteiger partial charge in [-0.3, -0.25) is 9.69 Å². The van der Waals surface area contributed by atoms with E-state index >= 15 is 0 Å². The molecule has 4 nitrogen and oxygen atoms in total. The molecule has 0 aromatic rings. The summed E-state index contributed by atoms with van der Waals surface area (Å²) in [5, 5.41) is 3.04. The Labute approximate surface area is 128 Å². The normalized spacial score (nSPS) is 17.9. The molecule has 1 rings (SSSR count). The molecule has 1 aliphatic rings. The molecular formula is C15H29N3OS. The van der Waals surface area contributed by atoms with Gasteiger partial charge < -0.3 is 11.1 Å². The van der Waals surface area contributed by atoms with Gasteiger partial charge in [0.05, 0.1) is 10.4 Å². The predicted molar refractivity (Wildman–Crippen MR) is 87.7 cm³/mol. The van der Waals surface area contributed by atoms with Crippen LogP contribution in [0.5, 0.6) is 0 Å². The van der Waals surface area contributed by atoms with E-state index < -0.39 is 5.41 Å². The number of amides is 1. The number of hydrogen-bond acceptors (Lipinski definition) is 3. The van der Waals surface area contributed by atoms with E-state index in [1.165, 1.54) is 0 Å². The van der Waals surface area contributed by atoms with Crippen molar-refractivity contribution in [2.24, 2.45) is 11.1 Å². The van der Waals surface area contributed by atoms with Crippen molar-refractivity contribution >= 4 is 23.1 Å². The maximum absolute atomic E-state index is 12.4. The number of nitrogens with zero attached hydrogens (tertiary/aromatic N) is 1. The molecule has 1 fully saturated rings. The Balaban J connectivity index is 2.52. The van der Waals surface area contributed by atoms with Crippen LogP contribution in [0, 0.1) is 5.41 Å². The van der Waals surface area contributed by atoms with Gasteiger partial charge in [-0.05, 0) is 40.5 Å². The minimum atomic E-state index is -0.587. The number of carbonyl (C=O) groups excluding carboxylic acids is 1. The lowest BCUT2D eigenvalue weighted by Crippen LogP contribution is -2.49. The zero-order valence-corrected chi connectivity index (χ0v) is 14.1. The van der Waals surface area contributed by atoms with Crippen molar-refractivity contribution in [1.29, 1.82) is 0 Å². The highest BCUT2D eigenvalue weighted by atomic mass is 32.1. The van der Waals surface area contributed by atoms with Crippen molar-refractivity contribution in [3.8, 4) is 0 Å². The maximum Gasteiger partial charge on any atom is 0.233 e. The smallest absolute Gasteiger partial charge is 0.233 e. The summed E-state index contributed by atoms with van der Waals surface area (Å²) >= 11 is 5.14. The van der Waals surface area contributed by atoms with Gasteiger partial charge in [0.25, 0.3) is 0 Å². The van der Waals surface area contributed by atoms with Gasteiger partial charge in [-0.1, -0.05) is 25.1 Å². The topological polar surface area (TPSA) is 58.4 Å². The van der Waals surface area contributed by atoms with Crippen LogP contribution in [0.1, 0.15) is 53.4 Å². The van der Waals surface area contributed by atoms with Gasteiger partial charge in [-0.25, -0.2) is 0 Å². The Bertz CT molecular complexity index is 341. The van der Waals surface area contributed by atoms with E-state index in [0.29, 0.717) is 23.6 Å². The fourth-order valence-electron chi connectivity index (χ4n) is 3.14. The molecule has 5 heteroatoms. The lowest BCUT2D eigenvalue weighted by atomic mass is 9.85. The minimum Gasteiger partial charge on any atom is -0.392 e. The van der Waals surface area contributed by atoms with Gasteiger partial charge in [-0.2, -0.15) is 0 Å². The second-order valence-corrected chi connectivity index (χ2v) is 6.77. The third kappa shape index (κ3) is 3.92. The highest BCUT2D eigenvalue weighted by Gasteiger charge is 2.43. The first-order chi connectivity index (χ1) is 9.31. The van der Waals surface area contributed by atoms with Crippen LogP contribution in [0.25, 0.3) is 0 Å². The molecule has 0 saturated heterocycles. The molecule has 0 atom stereocenters. The lowest BCUT2D eigenvalue weighted by Gasteiger charge is -2.31. The molecule has 0 spiro atoms. The van der Waals surface area contributed by atoms with E-state index in [1.54, 1.807) is 0 Å². The summed E-state index contributed by atoms with van der Waals surface area (Å²) < 4.78 is 0. The largest absolute Gasteiger partial charge is 0.392 e. The first-order valence-electron chi connectivity index (χ1n) is 7.65. The summed E-state index contributed by atoms with van der Waals surface area (Å²) in [7, 11) is 0. The molecule has 0 radical (unpaired) electrons. The standard InChI is InChI=1S/C15H29N3OS/c1-11(2)18(12(3)4)10-9-17-14(19)15(13(16)20)7-5-6-8-15/h11-12H,5-10H2,1-4H3,(H2,16,20)(H,17,19). The molecule has 1 saturated carbocycles. The second kappa shape index (κ2) is 7.36. The molecular weight excluding hydrogens is 270 g/mol. The molecule has 3 N–H and O–H groups in total. The molecule has 116 valence electrons. The van der Waals surface area contributed by atoms with E-state index in [-0.39, 0.29) is 5.91 Å². The summed E-state index contributed by atoms with van der Waals surface area (Å²) in [5.74, 6) is 0.0231. The first kappa shape index (κ1) is 17.4. The summed E-state index contributed by atoms with van der Waals surface area (Å²) in [6.45, 7) is 10.2. The molecule has 20 heavy (non-hydrogen) atoms. The Morgan fingerprint density at radius 1 is 1.25 bits per heavy atom. The molecule has 0 unspecified atom stereocenters. The van der Waals surface area contributed by atoms with Crippen LogP contribution in [0.3, 0.4) is 0 Å². The average Bonchev–Trinajstić information content (AvgIpc) is 2.83. The van der Waals surface area contributed by atoms with Crippen LogP contribution in [0.2, 0.25) is 0 Å². The van der Waals surface area contributed by atoms with Gasteiger partial charge in [-0.15, -0.1) is 0 Å². The summed E-state index contributed by atoms with van der Waals surface area (Å²) in [6, 6.07) is 0.950. The van der Waals surface area contributed by atoms with E-state index in [2.05, 4.69) is 37.9 Å². The number of carbonyl (C=O) groups is 1. The zero-order chi connectivity index (χ0) is 15.3. The van der Waals surface area contributed by atoms with Crippen molar-refractivity contribution in [3.63, 3.8) is 0 Å². The fourth-order valence-corrected chi connectivity index (χ4v) is 3.44. The summed E-state index contributed by atoms with van der Waals surface area (Å²) in [5.41, 5.74) is 5.23. The van der Waals surface area contributed by atoms with Crippen LogP contribution < -0.4 is 11.1 Å². The Kier molecular flexibility index (Phi) is 6.40. The van der Waals surface area contributed by atoms with E-state index in [1.807, 2.05) is 0 Å². The van der Waals surface area contributed by atoms with Gasteiger partial charge >= 0.3 is 0 Å². The second-order valence-electron chi connectivity index (χ2n) is 6.33. The third-order valence-electron chi connectivity index (χ3n) is 4.35. The van der Waals surface area contributed by atoms with Crippen molar-refractivity contribution in [3.05, 3.63) is 0 Å². The van der Waals surface area contributed by atoms with E-state index in [4.69, 9.17) is 18.0 Å². The Morgan fingerprint density at radius 2 is 1.75 bits per heavy atom. The number of nitrogens with one attached hydrogen (secondary N) is 1. The SMILES string of the molecule is CC(C)N(CCNC(=O)C1(C(N)=S)CCCC1)C(C)C. The molecule has 0 aliphatic heterocycles. The van der Waals surface area contributed by atoms with Gasteiger partial charge in [0.2, 0.25) is 5.91 Å². The molecule has 0 heterocycles. The quantitative estimate of drug-likeness (QED) is 0.707. The van der Waals surface area contributed by atoms with Gasteiger partial charge in [0, 0.05) is 25.2 Å². The number of nitrogens with two attached hydrogens (primary N) is 1. The molecule has 0 aromatic heterocycles. The highest BCUT2D eigenvalue weighted by Crippen LogP contribution is 2.38. The lowest BCUT2D eigenvalue weighted by molar-refractivity contribution is -0.127. The van der Waals surface area contributed by atoms with Crippen molar-refractivity contribution in [1.82, 2.24) is 10.2 Å². The van der Waals surface area contributed by atoms with Crippen molar-refractivity contribution < 1.29 is 4.79 Å². The summed E-state index contributed by atoms with van der Waals surface area (Å²) in [4.78, 5) is 15.2. The van der Waals surface area contributed by atoms with Crippen molar-refractivity contribution in [2.75, 3.05) is 13.1 Å². The molecule has 1 amide bonds. The van der Waals surface area contributed by atoms with E-state index in [0.717, 1.165) is 32.2 Å². The van der Waals surface area contributed by atoms with Gasteiger partial charge in [0.15, 0.2) is 0 Å². The monoisotopic (exact) mass is 299 g/mol.